The van der Waals surface area contributed by atoms with Crippen LogP contribution in [0.2, 0.25) is 0 Å². The topological polar surface area (TPSA) is 47.6 Å². The summed E-state index contributed by atoms with van der Waals surface area (Å²) in [5, 5.41) is 6.40. The van der Waals surface area contributed by atoms with E-state index in [4.69, 9.17) is 12.2 Å². The van der Waals surface area contributed by atoms with Gasteiger partial charge in [0.05, 0.1) is 5.41 Å². The second kappa shape index (κ2) is 12.2. The molecule has 4 aromatic carbocycles. The van der Waals surface area contributed by atoms with Crippen LogP contribution in [-0.4, -0.2) is 42.1 Å². The Morgan fingerprint density at radius 2 is 1.26 bits per heavy atom. The molecule has 198 valence electrons. The Bertz CT molecular complexity index is 1330. The Kier molecular flexibility index (Phi) is 8.35. The van der Waals surface area contributed by atoms with Crippen molar-refractivity contribution in [3.63, 3.8) is 0 Å². The maximum atomic E-state index is 13.6. The van der Waals surface area contributed by atoms with Crippen LogP contribution >= 0.6 is 12.2 Å². The van der Waals surface area contributed by atoms with Gasteiger partial charge in [-0.2, -0.15) is 0 Å². The molecular formula is C33H34N4OS. The molecule has 1 heterocycles. The molecule has 0 atom stereocenters. The van der Waals surface area contributed by atoms with E-state index in [1.165, 1.54) is 11.3 Å². The van der Waals surface area contributed by atoms with Gasteiger partial charge in [0, 0.05) is 44.1 Å². The summed E-state index contributed by atoms with van der Waals surface area (Å²) in [5.41, 5.74) is 4.32. The molecule has 39 heavy (non-hydrogen) atoms. The average molecular weight is 535 g/mol. The van der Waals surface area contributed by atoms with Gasteiger partial charge in [0.15, 0.2) is 5.11 Å². The highest BCUT2D eigenvalue weighted by atomic mass is 32.1. The molecule has 0 aliphatic carbocycles. The van der Waals surface area contributed by atoms with Crippen molar-refractivity contribution in [2.75, 3.05) is 36.4 Å². The van der Waals surface area contributed by atoms with E-state index in [0.29, 0.717) is 0 Å². The number of carbonyl (C=O) groups is 1. The summed E-state index contributed by atoms with van der Waals surface area (Å²) in [4.78, 5) is 18.5. The first-order chi connectivity index (χ1) is 19.0. The van der Waals surface area contributed by atoms with Gasteiger partial charge in [-0.1, -0.05) is 91.0 Å². The smallest absolute Gasteiger partial charge is 0.240 e. The van der Waals surface area contributed by atoms with Crippen LogP contribution in [0.25, 0.3) is 0 Å². The number of anilines is 2. The summed E-state index contributed by atoms with van der Waals surface area (Å²) in [5.74, 6) is -0.178. The Hall–Kier alpha value is -4.00. The third-order valence-electron chi connectivity index (χ3n) is 7.50. The van der Waals surface area contributed by atoms with Crippen LogP contribution in [0.4, 0.5) is 11.4 Å². The Labute approximate surface area is 236 Å². The van der Waals surface area contributed by atoms with E-state index in [1.54, 1.807) is 0 Å². The molecule has 5 nitrogen and oxygen atoms in total. The summed E-state index contributed by atoms with van der Waals surface area (Å²) < 4.78 is 0. The molecule has 0 radical (unpaired) electrons. The predicted octanol–water partition coefficient (Wildman–Crippen LogP) is 5.83. The number of nitrogens with zero attached hydrogens (tertiary/aromatic N) is 2. The van der Waals surface area contributed by atoms with Crippen LogP contribution in [0.15, 0.2) is 115 Å². The van der Waals surface area contributed by atoms with Crippen LogP contribution in [0, 0.1) is 0 Å². The zero-order valence-corrected chi connectivity index (χ0v) is 23.0. The van der Waals surface area contributed by atoms with E-state index < -0.39 is 5.41 Å². The fourth-order valence-electron chi connectivity index (χ4n) is 5.12. The van der Waals surface area contributed by atoms with E-state index in [9.17, 15) is 4.79 Å². The van der Waals surface area contributed by atoms with Crippen LogP contribution < -0.4 is 15.5 Å². The van der Waals surface area contributed by atoms with Crippen molar-refractivity contribution in [1.29, 1.82) is 0 Å². The highest BCUT2D eigenvalue weighted by Crippen LogP contribution is 2.32. The minimum absolute atomic E-state index is 0.178. The lowest BCUT2D eigenvalue weighted by Crippen LogP contribution is -2.47. The number of nitrogens with one attached hydrogen (secondary N) is 2. The Balaban J connectivity index is 1.18. The van der Waals surface area contributed by atoms with Crippen molar-refractivity contribution in [3.05, 3.63) is 132 Å². The number of carbonyl (C=O) groups excluding carboxylic acids is 1. The zero-order valence-electron chi connectivity index (χ0n) is 22.2. The number of piperazine rings is 1. The van der Waals surface area contributed by atoms with E-state index >= 15 is 0 Å². The first-order valence-corrected chi connectivity index (χ1v) is 13.8. The summed E-state index contributed by atoms with van der Waals surface area (Å²) in [6.45, 7) is 6.98. The SMILES string of the molecule is CC(C(=O)NC(=S)Nc1ccc(N2CCN(Cc3ccccc3)CC2)cc1)(c1ccccc1)c1ccccc1. The van der Waals surface area contributed by atoms with Gasteiger partial charge in [0.2, 0.25) is 5.91 Å². The molecule has 5 rings (SSSR count). The average Bonchev–Trinajstić information content (AvgIpc) is 2.99. The molecule has 1 aliphatic rings. The second-order valence-electron chi connectivity index (χ2n) is 10.1. The number of benzene rings is 4. The monoisotopic (exact) mass is 534 g/mol. The van der Waals surface area contributed by atoms with E-state index in [-0.39, 0.29) is 11.0 Å². The molecule has 4 aromatic rings. The molecule has 0 aromatic heterocycles. The minimum atomic E-state index is -0.888. The third kappa shape index (κ3) is 6.36. The third-order valence-corrected chi connectivity index (χ3v) is 7.70. The highest BCUT2D eigenvalue weighted by molar-refractivity contribution is 7.80. The number of rotatable bonds is 7. The highest BCUT2D eigenvalue weighted by Gasteiger charge is 2.37. The van der Waals surface area contributed by atoms with Crippen molar-refractivity contribution in [2.45, 2.75) is 18.9 Å². The summed E-state index contributed by atoms with van der Waals surface area (Å²) >= 11 is 5.55. The molecular weight excluding hydrogens is 500 g/mol. The van der Waals surface area contributed by atoms with Crippen molar-refractivity contribution < 1.29 is 4.79 Å². The first kappa shape index (κ1) is 26.6. The second-order valence-corrected chi connectivity index (χ2v) is 10.5. The van der Waals surface area contributed by atoms with Crippen molar-refractivity contribution in [2.24, 2.45) is 0 Å². The number of hydrogen-bond acceptors (Lipinski definition) is 4. The Morgan fingerprint density at radius 3 is 1.79 bits per heavy atom. The maximum Gasteiger partial charge on any atom is 0.240 e. The molecule has 6 heteroatoms. The first-order valence-electron chi connectivity index (χ1n) is 13.4. The van der Waals surface area contributed by atoms with E-state index in [2.05, 4.69) is 62.9 Å². The minimum Gasteiger partial charge on any atom is -0.369 e. The van der Waals surface area contributed by atoms with Gasteiger partial charge in [-0.05, 0) is 60.1 Å². The molecule has 0 saturated carbocycles. The van der Waals surface area contributed by atoms with Gasteiger partial charge in [0.1, 0.15) is 0 Å². The fourth-order valence-corrected chi connectivity index (χ4v) is 5.33. The molecule has 0 spiro atoms. The molecule has 1 amide bonds. The number of hydrogen-bond donors (Lipinski definition) is 2. The van der Waals surface area contributed by atoms with Gasteiger partial charge in [-0.3, -0.25) is 9.69 Å². The van der Waals surface area contributed by atoms with Crippen molar-refractivity contribution >= 4 is 34.6 Å². The molecule has 0 unspecified atom stereocenters. The summed E-state index contributed by atoms with van der Waals surface area (Å²) in [6.07, 6.45) is 0. The standard InChI is InChI=1S/C33H34N4OS/c1-33(27-13-7-3-8-14-27,28-15-9-4-10-16-28)31(38)35-32(39)34-29-17-19-30(20-18-29)37-23-21-36(22-24-37)25-26-11-5-2-6-12-26/h2-20H,21-25H2,1H3,(H2,34,35,38,39). The molecule has 1 aliphatic heterocycles. The van der Waals surface area contributed by atoms with Crippen molar-refractivity contribution in [1.82, 2.24) is 10.2 Å². The van der Waals surface area contributed by atoms with Crippen LogP contribution in [0.3, 0.4) is 0 Å². The van der Waals surface area contributed by atoms with Gasteiger partial charge in [-0.25, -0.2) is 0 Å². The lowest BCUT2D eigenvalue weighted by molar-refractivity contribution is -0.123. The number of amides is 1. The van der Waals surface area contributed by atoms with Crippen LogP contribution in [0.1, 0.15) is 23.6 Å². The lowest BCUT2D eigenvalue weighted by Gasteiger charge is -2.36. The largest absolute Gasteiger partial charge is 0.369 e. The van der Waals surface area contributed by atoms with Crippen LogP contribution in [-0.2, 0) is 16.8 Å². The fraction of sp³-hybridized carbons (Fsp3) is 0.212. The normalized spacial score (nSPS) is 14.0. The molecule has 1 saturated heterocycles. The number of thiocarbonyl (C=S) groups is 1. The zero-order chi connectivity index (χ0) is 27.1. The van der Waals surface area contributed by atoms with Gasteiger partial charge >= 0.3 is 0 Å². The van der Waals surface area contributed by atoms with Gasteiger partial charge in [-0.15, -0.1) is 0 Å². The molecule has 1 fully saturated rings. The van der Waals surface area contributed by atoms with Crippen LogP contribution in [0.5, 0.6) is 0 Å². The quantitative estimate of drug-likeness (QED) is 0.292. The van der Waals surface area contributed by atoms with E-state index in [1.807, 2.05) is 79.7 Å². The summed E-state index contributed by atoms with van der Waals surface area (Å²) in [6, 6.07) is 38.5. The van der Waals surface area contributed by atoms with Gasteiger partial charge in [0.25, 0.3) is 0 Å². The Morgan fingerprint density at radius 1 is 0.744 bits per heavy atom. The van der Waals surface area contributed by atoms with Crippen molar-refractivity contribution in [3.8, 4) is 0 Å². The van der Waals surface area contributed by atoms with Gasteiger partial charge < -0.3 is 15.5 Å². The molecule has 2 N–H and O–H groups in total. The predicted molar refractivity (Wildman–Crippen MR) is 164 cm³/mol. The molecule has 0 bridgehead atoms. The maximum absolute atomic E-state index is 13.6. The summed E-state index contributed by atoms with van der Waals surface area (Å²) in [7, 11) is 0. The lowest BCUT2D eigenvalue weighted by atomic mass is 9.75. The van der Waals surface area contributed by atoms with E-state index in [0.717, 1.165) is 49.5 Å².